The molecule has 2 aromatic rings. The van der Waals surface area contributed by atoms with Crippen LogP contribution < -0.4 is 11.1 Å². The molecule has 2 amide bonds. The third kappa shape index (κ3) is 3.90. The summed E-state index contributed by atoms with van der Waals surface area (Å²) in [7, 11) is -3.57. The Kier molecular flexibility index (Phi) is 5.36. The molecule has 0 saturated heterocycles. The number of anilines is 1. The fraction of sp³-hybridized carbons (Fsp3) is 0.333. The van der Waals surface area contributed by atoms with Gasteiger partial charge in [-0.05, 0) is 30.7 Å². The highest BCUT2D eigenvalue weighted by Gasteiger charge is 2.28. The van der Waals surface area contributed by atoms with Crippen molar-refractivity contribution in [2.45, 2.75) is 24.8 Å². The number of amides is 2. The molecule has 0 atom stereocenters. The molecule has 1 aliphatic rings. The first kappa shape index (κ1) is 19.5. The smallest absolute Gasteiger partial charge is 0.257 e. The van der Waals surface area contributed by atoms with Gasteiger partial charge in [-0.1, -0.05) is 19.1 Å². The number of sulfone groups is 1. The van der Waals surface area contributed by atoms with E-state index in [1.54, 1.807) is 12.1 Å². The molecule has 2 heterocycles. The van der Waals surface area contributed by atoms with Crippen LogP contribution in [0.15, 0.2) is 29.2 Å². The molecule has 9 heteroatoms. The quantitative estimate of drug-likeness (QED) is 0.786. The van der Waals surface area contributed by atoms with Gasteiger partial charge in [0, 0.05) is 24.2 Å². The molecule has 0 saturated carbocycles. The number of nitrogens with one attached hydrogen (secondary N) is 1. The van der Waals surface area contributed by atoms with Crippen LogP contribution in [0.5, 0.6) is 0 Å². The van der Waals surface area contributed by atoms with E-state index in [2.05, 4.69) is 17.1 Å². The number of rotatable bonds is 5. The summed E-state index contributed by atoms with van der Waals surface area (Å²) in [6, 6.07) is 5.99. The Balaban J connectivity index is 1.99. The van der Waals surface area contributed by atoms with Crippen LogP contribution in [-0.4, -0.2) is 44.5 Å². The molecule has 7 nitrogen and oxygen atoms in total. The predicted molar refractivity (Wildman–Crippen MR) is 105 cm³/mol. The standard InChI is InChI=1S/C18H21N3O4S2/c1-3-21-9-8-11-13(10-21)26-18(15(11)16(19)22)20-17(23)12-6-4-5-7-14(12)27(2,24)25/h4-7H,3,8-10H2,1-2H3,(H2,19,22)(H,20,23). The second-order valence-electron chi connectivity index (χ2n) is 6.41. The Morgan fingerprint density at radius 3 is 2.63 bits per heavy atom. The summed E-state index contributed by atoms with van der Waals surface area (Å²) >= 11 is 1.32. The summed E-state index contributed by atoms with van der Waals surface area (Å²) in [4.78, 5) is 28.0. The monoisotopic (exact) mass is 407 g/mol. The highest BCUT2D eigenvalue weighted by molar-refractivity contribution is 7.90. The van der Waals surface area contributed by atoms with Crippen molar-refractivity contribution in [1.82, 2.24) is 4.90 Å². The van der Waals surface area contributed by atoms with Crippen LogP contribution >= 0.6 is 11.3 Å². The Morgan fingerprint density at radius 1 is 1.30 bits per heavy atom. The van der Waals surface area contributed by atoms with Gasteiger partial charge in [0.1, 0.15) is 5.00 Å². The lowest BCUT2D eigenvalue weighted by Gasteiger charge is -2.25. The molecular weight excluding hydrogens is 386 g/mol. The minimum absolute atomic E-state index is 0.0389. The molecule has 144 valence electrons. The maximum absolute atomic E-state index is 12.8. The molecule has 27 heavy (non-hydrogen) atoms. The van der Waals surface area contributed by atoms with Gasteiger partial charge >= 0.3 is 0 Å². The maximum Gasteiger partial charge on any atom is 0.257 e. The molecule has 1 aliphatic heterocycles. The number of carbonyl (C=O) groups is 2. The van der Waals surface area contributed by atoms with Crippen molar-refractivity contribution in [2.24, 2.45) is 5.73 Å². The van der Waals surface area contributed by atoms with Crippen LogP contribution in [-0.2, 0) is 22.8 Å². The fourth-order valence-electron chi connectivity index (χ4n) is 3.22. The normalized spacial score (nSPS) is 14.6. The van der Waals surface area contributed by atoms with Gasteiger partial charge < -0.3 is 11.1 Å². The first-order valence-electron chi connectivity index (χ1n) is 8.49. The first-order chi connectivity index (χ1) is 12.7. The van der Waals surface area contributed by atoms with E-state index >= 15 is 0 Å². The van der Waals surface area contributed by atoms with Crippen molar-refractivity contribution < 1.29 is 18.0 Å². The molecule has 1 aromatic carbocycles. The number of nitrogens with zero attached hydrogens (tertiary/aromatic N) is 1. The van der Waals surface area contributed by atoms with Crippen LogP contribution in [0.2, 0.25) is 0 Å². The molecule has 0 unspecified atom stereocenters. The highest BCUT2D eigenvalue weighted by Crippen LogP contribution is 2.37. The minimum atomic E-state index is -3.57. The van der Waals surface area contributed by atoms with Crippen LogP contribution in [0.4, 0.5) is 5.00 Å². The van der Waals surface area contributed by atoms with E-state index in [1.807, 2.05) is 0 Å². The third-order valence-electron chi connectivity index (χ3n) is 4.59. The van der Waals surface area contributed by atoms with E-state index in [9.17, 15) is 18.0 Å². The van der Waals surface area contributed by atoms with Gasteiger partial charge in [-0.2, -0.15) is 0 Å². The van der Waals surface area contributed by atoms with Crippen molar-refractivity contribution in [3.05, 3.63) is 45.8 Å². The van der Waals surface area contributed by atoms with Crippen LogP contribution in [0.1, 0.15) is 38.1 Å². The molecule has 0 fully saturated rings. The Morgan fingerprint density at radius 2 is 2.00 bits per heavy atom. The summed E-state index contributed by atoms with van der Waals surface area (Å²) in [5.41, 5.74) is 6.82. The molecule has 1 aromatic heterocycles. The second-order valence-corrected chi connectivity index (χ2v) is 9.50. The zero-order chi connectivity index (χ0) is 19.8. The lowest BCUT2D eigenvalue weighted by Crippen LogP contribution is -2.30. The number of likely N-dealkylation sites (N-methyl/N-ethyl adjacent to an activating group) is 1. The van der Waals surface area contributed by atoms with E-state index < -0.39 is 21.7 Å². The fourth-order valence-corrected chi connectivity index (χ4v) is 5.40. The Bertz CT molecular complexity index is 1010. The summed E-state index contributed by atoms with van der Waals surface area (Å²) in [6.45, 7) is 4.49. The van der Waals surface area contributed by atoms with Crippen molar-refractivity contribution in [1.29, 1.82) is 0 Å². The molecule has 0 radical (unpaired) electrons. The lowest BCUT2D eigenvalue weighted by atomic mass is 10.0. The number of hydrogen-bond acceptors (Lipinski definition) is 6. The number of benzene rings is 1. The van der Waals surface area contributed by atoms with E-state index in [0.29, 0.717) is 23.5 Å². The first-order valence-corrected chi connectivity index (χ1v) is 11.2. The molecule has 3 N–H and O–H groups in total. The molecule has 0 spiro atoms. The summed E-state index contributed by atoms with van der Waals surface area (Å²) in [6.07, 6.45) is 1.74. The number of nitrogens with two attached hydrogens (primary N) is 1. The number of fused-ring (bicyclic) bond motifs is 1. The van der Waals surface area contributed by atoms with Crippen LogP contribution in [0.3, 0.4) is 0 Å². The summed E-state index contributed by atoms with van der Waals surface area (Å²) in [5, 5.41) is 3.08. The molecular formula is C18H21N3O4S2. The van der Waals surface area contributed by atoms with Crippen molar-refractivity contribution in [3.8, 4) is 0 Å². The van der Waals surface area contributed by atoms with Gasteiger partial charge in [0.2, 0.25) is 0 Å². The van der Waals surface area contributed by atoms with Crippen LogP contribution in [0, 0.1) is 0 Å². The number of carbonyl (C=O) groups excluding carboxylic acids is 2. The Hall–Kier alpha value is -2.23. The second kappa shape index (κ2) is 7.41. The SMILES string of the molecule is CCN1CCc2c(sc(NC(=O)c3ccccc3S(C)(=O)=O)c2C(N)=O)C1. The Labute approximate surface area is 162 Å². The molecule has 3 rings (SSSR count). The van der Waals surface area contributed by atoms with Gasteiger partial charge in [-0.15, -0.1) is 11.3 Å². The highest BCUT2D eigenvalue weighted by atomic mass is 32.2. The van der Waals surface area contributed by atoms with Crippen LogP contribution in [0.25, 0.3) is 0 Å². The largest absolute Gasteiger partial charge is 0.365 e. The van der Waals surface area contributed by atoms with E-state index in [1.165, 1.54) is 23.5 Å². The van der Waals surface area contributed by atoms with Gasteiger partial charge in [0.15, 0.2) is 9.84 Å². The van der Waals surface area contributed by atoms with E-state index in [0.717, 1.165) is 29.8 Å². The average Bonchev–Trinajstić information content (AvgIpc) is 2.97. The third-order valence-corrected chi connectivity index (χ3v) is 6.87. The zero-order valence-electron chi connectivity index (χ0n) is 15.1. The van der Waals surface area contributed by atoms with E-state index in [-0.39, 0.29) is 10.5 Å². The van der Waals surface area contributed by atoms with Crippen molar-refractivity contribution >= 4 is 38.0 Å². The maximum atomic E-state index is 12.8. The van der Waals surface area contributed by atoms with Gasteiger partial charge in [-0.3, -0.25) is 14.5 Å². The number of thiophene rings is 1. The van der Waals surface area contributed by atoms with Gasteiger partial charge in [0.05, 0.1) is 16.0 Å². The zero-order valence-corrected chi connectivity index (χ0v) is 16.7. The average molecular weight is 408 g/mol. The van der Waals surface area contributed by atoms with Gasteiger partial charge in [-0.25, -0.2) is 8.42 Å². The molecule has 0 aliphatic carbocycles. The minimum Gasteiger partial charge on any atom is -0.365 e. The predicted octanol–water partition coefficient (Wildman–Crippen LogP) is 1.88. The molecule has 0 bridgehead atoms. The lowest BCUT2D eigenvalue weighted by molar-refractivity contribution is 0.1000. The number of primary amides is 1. The van der Waals surface area contributed by atoms with Crippen molar-refractivity contribution in [3.63, 3.8) is 0 Å². The van der Waals surface area contributed by atoms with E-state index in [4.69, 9.17) is 5.73 Å². The number of hydrogen-bond donors (Lipinski definition) is 2. The summed E-state index contributed by atoms with van der Waals surface area (Å²) in [5.74, 6) is -1.17. The van der Waals surface area contributed by atoms with Crippen molar-refractivity contribution in [2.75, 3.05) is 24.7 Å². The van der Waals surface area contributed by atoms with Gasteiger partial charge in [0.25, 0.3) is 11.8 Å². The topological polar surface area (TPSA) is 110 Å². The summed E-state index contributed by atoms with van der Waals surface area (Å²) < 4.78 is 23.9.